The molecule has 1 heterocycles. The number of rotatable bonds is 0. The van der Waals surface area contributed by atoms with Gasteiger partial charge in [0, 0.05) is 12.1 Å². The summed E-state index contributed by atoms with van der Waals surface area (Å²) >= 11 is 0. The van der Waals surface area contributed by atoms with E-state index >= 15 is 0 Å². The van der Waals surface area contributed by atoms with Gasteiger partial charge >= 0.3 is 5.97 Å². The topological polar surface area (TPSA) is 52.3 Å². The first kappa shape index (κ1) is 9.06. The van der Waals surface area contributed by atoms with Crippen molar-refractivity contribution in [3.63, 3.8) is 0 Å². The minimum absolute atomic E-state index is 0.253. The number of nitrogens with two attached hydrogens (primary N) is 1. The summed E-state index contributed by atoms with van der Waals surface area (Å²) in [6.07, 6.45) is 0.721. The number of anilines is 1. The number of carbonyl (C=O) groups excluding carboxylic acids is 1. The summed E-state index contributed by atoms with van der Waals surface area (Å²) in [4.78, 5) is 11.5. The second-order valence-electron chi connectivity index (χ2n) is 4.24. The van der Waals surface area contributed by atoms with Crippen LogP contribution >= 0.6 is 0 Å². The third-order valence-electron chi connectivity index (χ3n) is 2.33. The molecule has 0 saturated carbocycles. The van der Waals surface area contributed by atoms with E-state index in [4.69, 9.17) is 10.5 Å². The minimum Gasteiger partial charge on any atom is -0.456 e. The lowest BCUT2D eigenvalue weighted by Crippen LogP contribution is -2.35. The monoisotopic (exact) mass is 191 g/mol. The Kier molecular flexibility index (Phi) is 1.77. The molecule has 0 unspecified atom stereocenters. The molecule has 14 heavy (non-hydrogen) atoms. The van der Waals surface area contributed by atoms with Crippen LogP contribution in [0.1, 0.15) is 29.8 Å². The number of esters is 1. The summed E-state index contributed by atoms with van der Waals surface area (Å²) in [6.45, 7) is 3.80. The molecule has 0 radical (unpaired) electrons. The minimum atomic E-state index is -0.419. The van der Waals surface area contributed by atoms with Crippen LogP contribution in [0.15, 0.2) is 18.2 Å². The van der Waals surface area contributed by atoms with Crippen LogP contribution in [0.3, 0.4) is 0 Å². The lowest BCUT2D eigenvalue weighted by Gasteiger charge is -2.31. The van der Waals surface area contributed by atoms with Crippen LogP contribution in [0.4, 0.5) is 5.69 Å². The standard InChI is InChI=1S/C11H13NO2/c1-11(2)6-7-5-8(12)3-4-9(7)10(13)14-11/h3-5H,6,12H2,1-2H3. The average molecular weight is 191 g/mol. The van der Waals surface area contributed by atoms with Gasteiger partial charge in [0.1, 0.15) is 5.60 Å². The van der Waals surface area contributed by atoms with Crippen molar-refractivity contribution in [2.75, 3.05) is 5.73 Å². The first-order valence-electron chi connectivity index (χ1n) is 4.60. The predicted molar refractivity (Wildman–Crippen MR) is 54.1 cm³/mol. The van der Waals surface area contributed by atoms with Crippen LogP contribution in [0.2, 0.25) is 0 Å². The lowest BCUT2D eigenvalue weighted by atomic mass is 9.91. The highest BCUT2D eigenvalue weighted by Gasteiger charge is 2.31. The van der Waals surface area contributed by atoms with E-state index in [0.717, 1.165) is 12.0 Å². The highest BCUT2D eigenvalue weighted by atomic mass is 16.6. The Morgan fingerprint density at radius 2 is 2.14 bits per heavy atom. The van der Waals surface area contributed by atoms with E-state index in [1.807, 2.05) is 19.9 Å². The van der Waals surface area contributed by atoms with Crippen molar-refractivity contribution in [2.45, 2.75) is 25.9 Å². The predicted octanol–water partition coefficient (Wildman–Crippen LogP) is 1.76. The maximum absolute atomic E-state index is 11.5. The Bertz CT molecular complexity index is 396. The molecule has 1 aromatic carbocycles. The Hall–Kier alpha value is -1.51. The molecule has 3 nitrogen and oxygen atoms in total. The van der Waals surface area contributed by atoms with Gasteiger partial charge in [-0.2, -0.15) is 0 Å². The van der Waals surface area contributed by atoms with Crippen molar-refractivity contribution in [3.05, 3.63) is 29.3 Å². The van der Waals surface area contributed by atoms with E-state index in [0.29, 0.717) is 11.3 Å². The molecule has 0 atom stereocenters. The SMILES string of the molecule is CC1(C)Cc2cc(N)ccc2C(=O)O1. The van der Waals surface area contributed by atoms with E-state index < -0.39 is 5.60 Å². The summed E-state index contributed by atoms with van der Waals surface area (Å²) < 4.78 is 5.26. The smallest absolute Gasteiger partial charge is 0.338 e. The summed E-state index contributed by atoms with van der Waals surface area (Å²) in [5.41, 5.74) is 7.55. The Morgan fingerprint density at radius 3 is 2.86 bits per heavy atom. The summed E-state index contributed by atoms with van der Waals surface area (Å²) in [5.74, 6) is -0.253. The fraction of sp³-hybridized carbons (Fsp3) is 0.364. The largest absolute Gasteiger partial charge is 0.456 e. The van der Waals surface area contributed by atoms with Gasteiger partial charge in [0.2, 0.25) is 0 Å². The molecule has 0 saturated heterocycles. The molecule has 1 aliphatic heterocycles. The van der Waals surface area contributed by atoms with Gasteiger partial charge in [-0.15, -0.1) is 0 Å². The summed E-state index contributed by atoms with van der Waals surface area (Å²) in [7, 11) is 0. The number of fused-ring (bicyclic) bond motifs is 1. The average Bonchev–Trinajstić information content (AvgIpc) is 2.00. The normalized spacial score (nSPS) is 18.6. The van der Waals surface area contributed by atoms with Crippen molar-refractivity contribution in [1.29, 1.82) is 0 Å². The molecular formula is C11H13NO2. The van der Waals surface area contributed by atoms with Crippen LogP contribution < -0.4 is 5.73 Å². The zero-order valence-corrected chi connectivity index (χ0v) is 8.33. The zero-order chi connectivity index (χ0) is 10.3. The van der Waals surface area contributed by atoms with Gasteiger partial charge in [-0.1, -0.05) is 0 Å². The van der Waals surface area contributed by atoms with E-state index in [1.54, 1.807) is 12.1 Å². The number of carbonyl (C=O) groups is 1. The van der Waals surface area contributed by atoms with Gasteiger partial charge in [-0.25, -0.2) is 4.79 Å². The first-order valence-corrected chi connectivity index (χ1v) is 4.60. The second kappa shape index (κ2) is 2.74. The molecule has 2 rings (SSSR count). The van der Waals surface area contributed by atoms with Crippen molar-refractivity contribution < 1.29 is 9.53 Å². The van der Waals surface area contributed by atoms with Gasteiger partial charge in [-0.05, 0) is 37.6 Å². The maximum atomic E-state index is 11.5. The van der Waals surface area contributed by atoms with Gasteiger partial charge < -0.3 is 10.5 Å². The fourth-order valence-electron chi connectivity index (χ4n) is 1.76. The number of hydrogen-bond acceptors (Lipinski definition) is 3. The highest BCUT2D eigenvalue weighted by Crippen LogP contribution is 2.28. The molecule has 0 fully saturated rings. The van der Waals surface area contributed by atoms with E-state index in [1.165, 1.54) is 0 Å². The van der Waals surface area contributed by atoms with E-state index in [2.05, 4.69) is 0 Å². The Labute approximate surface area is 82.9 Å². The summed E-state index contributed by atoms with van der Waals surface area (Å²) in [6, 6.07) is 5.29. The van der Waals surface area contributed by atoms with Crippen LogP contribution in [0, 0.1) is 0 Å². The zero-order valence-electron chi connectivity index (χ0n) is 8.33. The van der Waals surface area contributed by atoms with E-state index in [9.17, 15) is 4.79 Å². The lowest BCUT2D eigenvalue weighted by molar-refractivity contribution is -0.00645. The fourth-order valence-corrected chi connectivity index (χ4v) is 1.76. The Morgan fingerprint density at radius 1 is 1.43 bits per heavy atom. The number of cyclic esters (lactones) is 1. The number of hydrogen-bond donors (Lipinski definition) is 1. The molecule has 0 amide bonds. The van der Waals surface area contributed by atoms with Gasteiger partial charge in [0.05, 0.1) is 5.56 Å². The molecular weight excluding hydrogens is 178 g/mol. The van der Waals surface area contributed by atoms with E-state index in [-0.39, 0.29) is 5.97 Å². The van der Waals surface area contributed by atoms with Crippen LogP contribution in [0.5, 0.6) is 0 Å². The quantitative estimate of drug-likeness (QED) is 0.502. The van der Waals surface area contributed by atoms with Crippen molar-refractivity contribution >= 4 is 11.7 Å². The number of benzene rings is 1. The number of ether oxygens (including phenoxy) is 1. The molecule has 0 aliphatic carbocycles. The molecule has 74 valence electrons. The summed E-state index contributed by atoms with van der Waals surface area (Å²) in [5, 5.41) is 0. The molecule has 0 bridgehead atoms. The van der Waals surface area contributed by atoms with Gasteiger partial charge in [0.15, 0.2) is 0 Å². The first-order chi connectivity index (χ1) is 6.48. The molecule has 0 spiro atoms. The molecule has 1 aliphatic rings. The third-order valence-corrected chi connectivity index (χ3v) is 2.33. The Balaban J connectivity index is 2.51. The molecule has 1 aromatic rings. The molecule has 3 heteroatoms. The van der Waals surface area contributed by atoms with Crippen molar-refractivity contribution in [3.8, 4) is 0 Å². The highest BCUT2D eigenvalue weighted by molar-refractivity contribution is 5.93. The van der Waals surface area contributed by atoms with Gasteiger partial charge in [-0.3, -0.25) is 0 Å². The van der Waals surface area contributed by atoms with Crippen molar-refractivity contribution in [1.82, 2.24) is 0 Å². The third kappa shape index (κ3) is 1.45. The second-order valence-corrected chi connectivity index (χ2v) is 4.24. The molecule has 2 N–H and O–H groups in total. The van der Waals surface area contributed by atoms with Crippen molar-refractivity contribution in [2.24, 2.45) is 0 Å². The molecule has 0 aromatic heterocycles. The van der Waals surface area contributed by atoms with Gasteiger partial charge in [0.25, 0.3) is 0 Å². The number of nitrogen functional groups attached to an aromatic ring is 1. The van der Waals surface area contributed by atoms with Crippen LogP contribution in [-0.4, -0.2) is 11.6 Å². The van der Waals surface area contributed by atoms with Crippen LogP contribution in [-0.2, 0) is 11.2 Å². The van der Waals surface area contributed by atoms with Crippen LogP contribution in [0.25, 0.3) is 0 Å². The maximum Gasteiger partial charge on any atom is 0.338 e.